The van der Waals surface area contributed by atoms with Crippen LogP contribution in [0, 0.1) is 5.92 Å². The van der Waals surface area contributed by atoms with Crippen molar-refractivity contribution in [3.05, 3.63) is 120 Å². The molecule has 0 fully saturated rings. The minimum absolute atomic E-state index is 0.0331. The van der Waals surface area contributed by atoms with Crippen LogP contribution in [0.15, 0.2) is 108 Å². The van der Waals surface area contributed by atoms with Crippen LogP contribution < -0.4 is 0 Å². The van der Waals surface area contributed by atoms with Crippen LogP contribution in [-0.2, 0) is 11.8 Å². The first-order valence-electron chi connectivity index (χ1n) is 14.4. The first-order valence-corrected chi connectivity index (χ1v) is 15.2. The molecule has 0 saturated heterocycles. The lowest BCUT2D eigenvalue weighted by molar-refractivity contribution is 0.591. The molecule has 1 aromatic heterocycles. The van der Waals surface area contributed by atoms with E-state index in [2.05, 4.69) is 138 Å². The lowest BCUT2D eigenvalue weighted by atomic mass is 9.85. The number of benzene rings is 5. The van der Waals surface area contributed by atoms with Gasteiger partial charge in [0.05, 0.1) is 15.9 Å². The van der Waals surface area contributed by atoms with Crippen LogP contribution in [0.1, 0.15) is 51.3 Å². The Hall–Kier alpha value is -4.08. The summed E-state index contributed by atoms with van der Waals surface area (Å²) >= 11 is 1.75. The summed E-state index contributed by atoms with van der Waals surface area (Å²) in [6.45, 7) is 11.4. The number of aliphatic imine (C=N–C) groups is 1. The van der Waals surface area contributed by atoms with Gasteiger partial charge in [0.2, 0.25) is 0 Å². The topological polar surface area (TPSA) is 25.2 Å². The second-order valence-corrected chi connectivity index (χ2v) is 13.3. The summed E-state index contributed by atoms with van der Waals surface area (Å²) in [5, 5.41) is 3.42. The quantitative estimate of drug-likeness (QED) is 0.189. The summed E-state index contributed by atoms with van der Waals surface area (Å²) in [6, 6.07) is 36.9. The van der Waals surface area contributed by atoms with Gasteiger partial charge in [-0.3, -0.25) is 4.99 Å². The van der Waals surface area contributed by atoms with Gasteiger partial charge in [-0.05, 0) is 69.5 Å². The second kappa shape index (κ2) is 11.1. The number of hydrogen-bond donors (Lipinski definition) is 0. The first-order chi connectivity index (χ1) is 19.8. The monoisotopic (exact) mass is 552 g/mol. The predicted octanol–water partition coefficient (Wildman–Crippen LogP) is 11.0. The Kier molecular flexibility index (Phi) is 7.32. The highest BCUT2D eigenvalue weighted by Crippen LogP contribution is 2.41. The number of thiazole rings is 1. The van der Waals surface area contributed by atoms with Gasteiger partial charge in [0.1, 0.15) is 5.01 Å². The van der Waals surface area contributed by atoms with Gasteiger partial charge in [-0.2, -0.15) is 0 Å². The summed E-state index contributed by atoms with van der Waals surface area (Å²) in [5.41, 5.74) is 9.30. The lowest BCUT2D eigenvalue weighted by Gasteiger charge is -2.20. The smallest absolute Gasteiger partial charge is 0.126 e. The molecule has 0 spiro atoms. The summed E-state index contributed by atoms with van der Waals surface area (Å²) in [5.74, 6) is 0.640. The van der Waals surface area contributed by atoms with E-state index in [1.807, 2.05) is 6.21 Å². The molecule has 41 heavy (non-hydrogen) atoms. The number of hydrogen-bond acceptors (Lipinski definition) is 3. The molecular weight excluding hydrogens is 516 g/mol. The third-order valence-corrected chi connectivity index (χ3v) is 8.61. The molecule has 0 atom stereocenters. The molecular formula is C38H36N2S. The van der Waals surface area contributed by atoms with Crippen molar-refractivity contribution in [1.29, 1.82) is 0 Å². The third kappa shape index (κ3) is 5.73. The van der Waals surface area contributed by atoms with Crippen molar-refractivity contribution in [2.75, 3.05) is 0 Å². The lowest BCUT2D eigenvalue weighted by Crippen LogP contribution is -2.11. The molecule has 0 bridgehead atoms. The van der Waals surface area contributed by atoms with Crippen molar-refractivity contribution in [3.63, 3.8) is 0 Å². The van der Waals surface area contributed by atoms with Crippen LogP contribution in [0.3, 0.4) is 0 Å². The third-order valence-electron chi connectivity index (χ3n) is 7.57. The van der Waals surface area contributed by atoms with E-state index >= 15 is 0 Å². The van der Waals surface area contributed by atoms with Crippen molar-refractivity contribution in [3.8, 4) is 21.7 Å². The van der Waals surface area contributed by atoms with Gasteiger partial charge < -0.3 is 0 Å². The number of nitrogens with zero attached hydrogens (tertiary/aromatic N) is 2. The Morgan fingerprint density at radius 1 is 0.805 bits per heavy atom. The molecule has 0 unspecified atom stereocenters. The number of aromatic nitrogens is 1. The van der Waals surface area contributed by atoms with E-state index in [0.717, 1.165) is 33.8 Å². The van der Waals surface area contributed by atoms with Gasteiger partial charge in [0, 0.05) is 22.9 Å². The Balaban J connectivity index is 1.45. The zero-order valence-electron chi connectivity index (χ0n) is 24.5. The molecule has 0 aliphatic carbocycles. The number of fused-ring (bicyclic) bond motifs is 2. The van der Waals surface area contributed by atoms with Crippen molar-refractivity contribution < 1.29 is 0 Å². The van der Waals surface area contributed by atoms with E-state index in [9.17, 15) is 0 Å². The zero-order valence-corrected chi connectivity index (χ0v) is 25.3. The van der Waals surface area contributed by atoms with Crippen LogP contribution in [-0.4, -0.2) is 11.2 Å². The van der Waals surface area contributed by atoms with E-state index in [-0.39, 0.29) is 5.41 Å². The largest absolute Gasteiger partial charge is 0.256 e. The Morgan fingerprint density at radius 2 is 1.54 bits per heavy atom. The number of rotatable bonds is 6. The highest BCUT2D eigenvalue weighted by molar-refractivity contribution is 7.21. The molecule has 0 amide bonds. The van der Waals surface area contributed by atoms with E-state index in [1.165, 1.54) is 37.7 Å². The summed E-state index contributed by atoms with van der Waals surface area (Å²) in [6.07, 6.45) is 3.07. The first kappa shape index (κ1) is 27.1. The maximum absolute atomic E-state index is 5.26. The normalized spacial score (nSPS) is 12.2. The molecule has 2 nitrogen and oxygen atoms in total. The van der Waals surface area contributed by atoms with Crippen molar-refractivity contribution in [2.24, 2.45) is 10.9 Å². The minimum atomic E-state index is 0.0331. The molecule has 0 radical (unpaired) electrons. The summed E-state index contributed by atoms with van der Waals surface area (Å²) in [7, 11) is 0. The molecule has 3 heteroatoms. The van der Waals surface area contributed by atoms with Crippen LogP contribution in [0.2, 0.25) is 0 Å². The highest BCUT2D eigenvalue weighted by atomic mass is 32.1. The van der Waals surface area contributed by atoms with Gasteiger partial charge >= 0.3 is 0 Å². The highest BCUT2D eigenvalue weighted by Gasteiger charge is 2.20. The van der Waals surface area contributed by atoms with E-state index < -0.39 is 0 Å². The molecule has 1 heterocycles. The van der Waals surface area contributed by atoms with E-state index in [0.29, 0.717) is 5.92 Å². The molecule has 0 saturated carbocycles. The van der Waals surface area contributed by atoms with Crippen LogP contribution in [0.25, 0.3) is 42.7 Å². The predicted molar refractivity (Wildman–Crippen MR) is 179 cm³/mol. The SMILES string of the molecule is CC(C)Cc1ccc(-c2cc(C(C)(C)C)cc3sc(-c4ccccc4N=Cc4cccc5ccccc45)nc23)cc1. The molecule has 0 aliphatic heterocycles. The fourth-order valence-corrected chi connectivity index (χ4v) is 6.42. The van der Waals surface area contributed by atoms with Crippen LogP contribution >= 0.6 is 11.3 Å². The summed E-state index contributed by atoms with van der Waals surface area (Å²) < 4.78 is 1.21. The van der Waals surface area contributed by atoms with Crippen molar-refractivity contribution in [1.82, 2.24) is 4.98 Å². The fraction of sp³-hybridized carbons (Fsp3) is 0.211. The maximum Gasteiger partial charge on any atom is 0.126 e. The number of para-hydroxylation sites is 1. The Bertz CT molecular complexity index is 1860. The maximum atomic E-state index is 5.26. The molecule has 6 aromatic rings. The van der Waals surface area contributed by atoms with E-state index in [4.69, 9.17) is 9.98 Å². The molecule has 6 rings (SSSR count). The molecule has 0 aliphatic rings. The minimum Gasteiger partial charge on any atom is -0.256 e. The van der Waals surface area contributed by atoms with Crippen molar-refractivity contribution >= 4 is 44.2 Å². The zero-order chi connectivity index (χ0) is 28.6. The van der Waals surface area contributed by atoms with Gasteiger partial charge in [0.15, 0.2) is 0 Å². The average molecular weight is 553 g/mol. The van der Waals surface area contributed by atoms with Gasteiger partial charge in [-0.15, -0.1) is 11.3 Å². The Labute approximate surface area is 247 Å². The van der Waals surface area contributed by atoms with Crippen molar-refractivity contribution in [2.45, 2.75) is 46.5 Å². The average Bonchev–Trinajstić information content (AvgIpc) is 3.40. The molecule has 0 N–H and O–H groups in total. The van der Waals surface area contributed by atoms with Crippen LogP contribution in [0.5, 0.6) is 0 Å². The van der Waals surface area contributed by atoms with Gasteiger partial charge in [0.25, 0.3) is 0 Å². The standard InChI is InChI=1S/C38H36N2S/c1-25(2)21-26-17-19-28(20-18-26)33-22-30(38(3,4)5)23-35-36(33)40-37(41-35)32-15-8-9-16-34(32)39-24-29-13-10-12-27-11-6-7-14-31(27)29/h6-20,22-25H,21H2,1-5H3. The Morgan fingerprint density at radius 3 is 2.32 bits per heavy atom. The van der Waals surface area contributed by atoms with Gasteiger partial charge in [-0.25, -0.2) is 4.98 Å². The van der Waals surface area contributed by atoms with Crippen LogP contribution in [0.4, 0.5) is 5.69 Å². The molecule has 204 valence electrons. The summed E-state index contributed by atoms with van der Waals surface area (Å²) in [4.78, 5) is 10.2. The van der Waals surface area contributed by atoms with Gasteiger partial charge in [-0.1, -0.05) is 113 Å². The fourth-order valence-electron chi connectivity index (χ4n) is 5.36. The molecule has 5 aromatic carbocycles. The second-order valence-electron chi connectivity index (χ2n) is 12.3. The van der Waals surface area contributed by atoms with E-state index in [1.54, 1.807) is 11.3 Å².